The third kappa shape index (κ3) is 5.04. The molecule has 1 aliphatic carbocycles. The van der Waals surface area contributed by atoms with Gasteiger partial charge in [-0.25, -0.2) is 4.99 Å². The molecule has 5 N–H and O–H groups in total. The van der Waals surface area contributed by atoms with Crippen LogP contribution in [0.3, 0.4) is 0 Å². The van der Waals surface area contributed by atoms with Crippen LogP contribution in [0.25, 0.3) is 0 Å². The van der Waals surface area contributed by atoms with Gasteiger partial charge in [0.2, 0.25) is 0 Å². The molecule has 0 spiro atoms. The molecule has 1 aromatic carbocycles. The third-order valence-electron chi connectivity index (χ3n) is 5.67. The van der Waals surface area contributed by atoms with Gasteiger partial charge >= 0.3 is 0 Å². The number of carbonyl (C=O) groups excluding carboxylic acids is 1. The number of hydrogen-bond donors (Lipinski definition) is 3. The van der Waals surface area contributed by atoms with E-state index in [0.29, 0.717) is 11.7 Å². The molecule has 2 fully saturated rings. The second-order valence-electron chi connectivity index (χ2n) is 7.53. The number of halogens is 2. The zero-order valence-corrected chi connectivity index (χ0v) is 16.5. The van der Waals surface area contributed by atoms with Crippen LogP contribution in [0.4, 0.5) is 20.3 Å². The summed E-state index contributed by atoms with van der Waals surface area (Å²) < 4.78 is 25.0. The van der Waals surface area contributed by atoms with E-state index >= 15 is 0 Å². The fourth-order valence-electron chi connectivity index (χ4n) is 3.83. The minimum atomic E-state index is -1.02. The molecular weight excluding hydrogens is 392 g/mol. The van der Waals surface area contributed by atoms with Crippen LogP contribution >= 0.6 is 0 Å². The summed E-state index contributed by atoms with van der Waals surface area (Å²) in [5.41, 5.74) is 11.3. The van der Waals surface area contributed by atoms with Gasteiger partial charge in [0, 0.05) is 18.3 Å². The molecule has 1 aromatic rings. The van der Waals surface area contributed by atoms with Gasteiger partial charge in [-0.15, -0.1) is 0 Å². The maximum absolute atomic E-state index is 12.5. The number of benzene rings is 1. The van der Waals surface area contributed by atoms with Crippen molar-refractivity contribution in [2.75, 3.05) is 18.4 Å². The Bertz CT molecular complexity index is 859. The number of primary amides is 1. The summed E-state index contributed by atoms with van der Waals surface area (Å²) in [6, 6.07) is 7.72. The van der Waals surface area contributed by atoms with Gasteiger partial charge < -0.3 is 21.7 Å². The number of nitrogens with two attached hydrogens (primary N) is 2. The predicted molar refractivity (Wildman–Crippen MR) is 110 cm³/mol. The molecule has 160 valence electrons. The molecular formula is C20H25F2N7O. The highest BCUT2D eigenvalue weighted by Crippen LogP contribution is 2.30. The summed E-state index contributed by atoms with van der Waals surface area (Å²) in [6.45, 7) is 2.19. The number of amides is 1. The van der Waals surface area contributed by atoms with E-state index in [1.54, 1.807) is 0 Å². The van der Waals surface area contributed by atoms with Crippen molar-refractivity contribution >= 4 is 23.1 Å². The van der Waals surface area contributed by atoms with Gasteiger partial charge in [0.25, 0.3) is 5.91 Å². The number of aliphatic imine (C=N–C) groups is 1. The van der Waals surface area contributed by atoms with Crippen molar-refractivity contribution in [2.45, 2.75) is 37.8 Å². The smallest absolute Gasteiger partial charge is 0.253 e. The zero-order chi connectivity index (χ0) is 21.7. The van der Waals surface area contributed by atoms with E-state index in [1.165, 1.54) is 36.9 Å². The third-order valence-corrected chi connectivity index (χ3v) is 5.67. The van der Waals surface area contributed by atoms with Crippen molar-refractivity contribution in [1.29, 1.82) is 5.26 Å². The summed E-state index contributed by atoms with van der Waals surface area (Å²) in [7, 11) is 0. The molecule has 3 atom stereocenters. The van der Waals surface area contributed by atoms with E-state index < -0.39 is 11.3 Å². The number of amidine groups is 1. The maximum Gasteiger partial charge on any atom is 0.253 e. The lowest BCUT2D eigenvalue weighted by Crippen LogP contribution is -2.50. The van der Waals surface area contributed by atoms with Crippen molar-refractivity contribution in [3.05, 3.63) is 36.0 Å². The Hall–Kier alpha value is -3.19. The largest absolute Gasteiger partial charge is 0.386 e. The normalized spacial score (nSPS) is 25.2. The number of nitrogens with zero attached hydrogens (tertiary/aromatic N) is 4. The second kappa shape index (κ2) is 9.54. The highest BCUT2D eigenvalue weighted by molar-refractivity contribution is 6.20. The van der Waals surface area contributed by atoms with Crippen LogP contribution < -0.4 is 22.1 Å². The van der Waals surface area contributed by atoms with Crippen LogP contribution in [0.15, 0.2) is 41.0 Å². The molecule has 1 aliphatic heterocycles. The lowest BCUT2D eigenvalue weighted by Gasteiger charge is -2.43. The summed E-state index contributed by atoms with van der Waals surface area (Å²) >= 11 is 0. The number of carbonyl (C=O) groups is 1. The second-order valence-corrected chi connectivity index (χ2v) is 7.53. The quantitative estimate of drug-likeness (QED) is 0.270. The van der Waals surface area contributed by atoms with Gasteiger partial charge in [0.15, 0.2) is 0 Å². The number of nitrogens with one attached hydrogen (secondary N) is 1. The monoisotopic (exact) mass is 417 g/mol. The van der Waals surface area contributed by atoms with Gasteiger partial charge in [-0.05, 0) is 68.4 Å². The van der Waals surface area contributed by atoms with Crippen molar-refractivity contribution in [1.82, 2.24) is 10.2 Å². The molecule has 0 bridgehead atoms. The van der Waals surface area contributed by atoms with E-state index in [1.807, 2.05) is 0 Å². The first-order valence-electron chi connectivity index (χ1n) is 9.85. The molecule has 3 rings (SSSR count). The molecule has 1 saturated carbocycles. The van der Waals surface area contributed by atoms with Gasteiger partial charge in [-0.3, -0.25) is 4.79 Å². The number of likely N-dealkylation sites (tertiary alicyclic amines) is 1. The molecule has 8 nitrogen and oxygen atoms in total. The van der Waals surface area contributed by atoms with Crippen LogP contribution in [-0.2, 0) is 4.79 Å². The van der Waals surface area contributed by atoms with E-state index in [2.05, 4.69) is 21.3 Å². The van der Waals surface area contributed by atoms with Gasteiger partial charge in [-0.1, -0.05) is 8.96 Å². The molecule has 10 heteroatoms. The van der Waals surface area contributed by atoms with E-state index in [-0.39, 0.29) is 29.1 Å². The molecule has 1 saturated heterocycles. The molecule has 0 aromatic heterocycles. The fraction of sp³-hybridized carbons (Fsp3) is 0.450. The Morgan fingerprint density at radius 3 is 2.50 bits per heavy atom. The first kappa shape index (κ1) is 21.5. The Labute approximate surface area is 173 Å². The SMILES string of the molecule is N#CC1C[C@H](N2CCC2)CC[C@@H]1N/C=C(/C(N)=O)C(N)=Nc1ccc(N(F)F)cc1. The Kier molecular flexibility index (Phi) is 6.84. The summed E-state index contributed by atoms with van der Waals surface area (Å²) in [5, 5.41) is 11.7. The van der Waals surface area contributed by atoms with Crippen molar-refractivity contribution in [3.8, 4) is 6.07 Å². The zero-order valence-electron chi connectivity index (χ0n) is 16.5. The van der Waals surface area contributed by atoms with Crippen LogP contribution in [-0.4, -0.2) is 41.8 Å². The molecule has 1 amide bonds. The minimum Gasteiger partial charge on any atom is -0.386 e. The summed E-state index contributed by atoms with van der Waals surface area (Å²) in [5.74, 6) is -1.10. The molecule has 0 radical (unpaired) electrons. The number of hydrogen-bond acceptors (Lipinski definition) is 6. The first-order chi connectivity index (χ1) is 14.4. The van der Waals surface area contributed by atoms with Gasteiger partial charge in [-0.2, -0.15) is 5.26 Å². The predicted octanol–water partition coefficient (Wildman–Crippen LogP) is 1.98. The van der Waals surface area contributed by atoms with Crippen molar-refractivity contribution in [2.24, 2.45) is 22.4 Å². The van der Waals surface area contributed by atoms with Crippen LogP contribution in [0, 0.1) is 17.2 Å². The van der Waals surface area contributed by atoms with Crippen LogP contribution in [0.5, 0.6) is 0 Å². The van der Waals surface area contributed by atoms with E-state index in [4.69, 9.17) is 11.5 Å². The lowest BCUT2D eigenvalue weighted by molar-refractivity contribution is -0.114. The van der Waals surface area contributed by atoms with Crippen LogP contribution in [0.2, 0.25) is 0 Å². The molecule has 1 heterocycles. The Morgan fingerprint density at radius 2 is 1.97 bits per heavy atom. The topological polar surface area (TPSA) is 124 Å². The average Bonchev–Trinajstić information content (AvgIpc) is 2.67. The number of rotatable bonds is 7. The van der Waals surface area contributed by atoms with E-state index in [9.17, 15) is 19.0 Å². The van der Waals surface area contributed by atoms with Crippen LogP contribution in [0.1, 0.15) is 25.7 Å². The lowest BCUT2D eigenvalue weighted by atomic mass is 9.81. The number of nitriles is 1. The molecule has 2 aliphatic rings. The first-order valence-corrected chi connectivity index (χ1v) is 9.85. The van der Waals surface area contributed by atoms with Crippen molar-refractivity contribution in [3.63, 3.8) is 0 Å². The standard InChI is InChI=1S/C20H25F2N7O/c21-29(22)15-4-2-14(3-5-15)27-19(24)17(20(25)30)12-26-18-7-6-16(10-13(18)11-23)28-8-1-9-28/h2-5,12-13,16,18,26H,1,6-10H2,(H2,24,27)(H2,25,30)/b17-12+/t13?,16-,18+/m1/s1. The summed E-state index contributed by atoms with van der Waals surface area (Å²) in [6.07, 6.45) is 5.17. The molecule has 30 heavy (non-hydrogen) atoms. The average molecular weight is 417 g/mol. The van der Waals surface area contributed by atoms with Gasteiger partial charge in [0.05, 0.1) is 23.2 Å². The van der Waals surface area contributed by atoms with E-state index in [0.717, 1.165) is 32.4 Å². The highest BCUT2D eigenvalue weighted by Gasteiger charge is 2.34. The highest BCUT2D eigenvalue weighted by atomic mass is 19.4. The summed E-state index contributed by atoms with van der Waals surface area (Å²) in [4.78, 5) is 18.4. The Morgan fingerprint density at radius 1 is 1.27 bits per heavy atom. The Balaban J connectivity index is 1.69. The van der Waals surface area contributed by atoms with Crippen molar-refractivity contribution < 1.29 is 13.8 Å². The fourth-order valence-corrected chi connectivity index (χ4v) is 3.83. The molecule has 1 unspecified atom stereocenters. The maximum atomic E-state index is 12.5. The minimum absolute atomic E-state index is 0.0294. The number of anilines is 1. The van der Waals surface area contributed by atoms with Gasteiger partial charge in [0.1, 0.15) is 11.5 Å².